The number of benzene rings is 3. The molecule has 0 saturated carbocycles. The zero-order chi connectivity index (χ0) is 22.5. The predicted octanol–water partition coefficient (Wildman–Crippen LogP) is 5.34. The zero-order valence-corrected chi connectivity index (χ0v) is 18.0. The van der Waals surface area contributed by atoms with Gasteiger partial charge in [0.15, 0.2) is 5.43 Å². The monoisotopic (exact) mass is 428 g/mol. The molecule has 6 heteroatoms. The Hall–Kier alpha value is -4.06. The van der Waals surface area contributed by atoms with Crippen LogP contribution in [-0.2, 0) is 13.1 Å². The Kier molecular flexibility index (Phi) is 6.22. The Morgan fingerprint density at radius 2 is 1.81 bits per heavy atom. The summed E-state index contributed by atoms with van der Waals surface area (Å²) in [5.41, 5.74) is 3.34. The molecular weight excluding hydrogens is 404 g/mol. The molecule has 1 heterocycles. The van der Waals surface area contributed by atoms with Gasteiger partial charge in [-0.25, -0.2) is 4.79 Å². The SMILES string of the molecule is COc1cccc(NC(=O)N(Cc2ccccc2)Cc2coc3ccc(C)cc3c2=O)c1. The normalized spacial score (nSPS) is 10.7. The van der Waals surface area contributed by atoms with Crippen molar-refractivity contribution in [2.75, 3.05) is 12.4 Å². The molecule has 0 bridgehead atoms. The summed E-state index contributed by atoms with van der Waals surface area (Å²) in [5, 5.41) is 3.41. The third-order valence-electron chi connectivity index (χ3n) is 5.19. The number of urea groups is 1. The van der Waals surface area contributed by atoms with E-state index < -0.39 is 0 Å². The summed E-state index contributed by atoms with van der Waals surface area (Å²) < 4.78 is 10.9. The highest BCUT2D eigenvalue weighted by Crippen LogP contribution is 2.19. The van der Waals surface area contributed by atoms with Crippen LogP contribution >= 0.6 is 0 Å². The van der Waals surface area contributed by atoms with E-state index in [1.165, 1.54) is 6.26 Å². The van der Waals surface area contributed by atoms with Gasteiger partial charge in [-0.05, 0) is 36.8 Å². The fourth-order valence-corrected chi connectivity index (χ4v) is 3.51. The van der Waals surface area contributed by atoms with Crippen LogP contribution in [0.25, 0.3) is 11.0 Å². The summed E-state index contributed by atoms with van der Waals surface area (Å²) in [6, 6.07) is 21.9. The third-order valence-corrected chi connectivity index (χ3v) is 5.19. The first kappa shape index (κ1) is 21.2. The molecule has 4 aromatic rings. The molecule has 0 atom stereocenters. The molecule has 1 N–H and O–H groups in total. The van der Waals surface area contributed by atoms with Gasteiger partial charge in [0.05, 0.1) is 30.9 Å². The topological polar surface area (TPSA) is 71.8 Å². The van der Waals surface area contributed by atoms with Crippen LogP contribution < -0.4 is 15.5 Å². The Bertz CT molecular complexity index is 1300. The van der Waals surface area contributed by atoms with Crippen LogP contribution in [0.4, 0.5) is 10.5 Å². The molecule has 162 valence electrons. The number of rotatable bonds is 6. The van der Waals surface area contributed by atoms with Crippen molar-refractivity contribution < 1.29 is 13.9 Å². The molecule has 4 rings (SSSR count). The highest BCUT2D eigenvalue weighted by Gasteiger charge is 2.18. The molecule has 0 spiro atoms. The minimum absolute atomic E-state index is 0.108. The molecule has 0 radical (unpaired) electrons. The van der Waals surface area contributed by atoms with E-state index in [1.54, 1.807) is 42.3 Å². The van der Waals surface area contributed by atoms with Gasteiger partial charge in [0.25, 0.3) is 0 Å². The number of hydrogen-bond donors (Lipinski definition) is 1. The van der Waals surface area contributed by atoms with Crippen LogP contribution in [0, 0.1) is 6.92 Å². The largest absolute Gasteiger partial charge is 0.497 e. The van der Waals surface area contributed by atoms with Crippen LogP contribution in [-0.4, -0.2) is 18.0 Å². The van der Waals surface area contributed by atoms with E-state index in [-0.39, 0.29) is 18.0 Å². The summed E-state index contributed by atoms with van der Waals surface area (Å²) in [5.74, 6) is 0.642. The zero-order valence-electron chi connectivity index (χ0n) is 18.0. The number of aryl methyl sites for hydroxylation is 1. The lowest BCUT2D eigenvalue weighted by Crippen LogP contribution is -2.35. The summed E-state index contributed by atoms with van der Waals surface area (Å²) >= 11 is 0. The Labute approximate surface area is 186 Å². The standard InChI is InChI=1S/C26H24N2O4/c1-18-11-12-24-23(13-18)25(29)20(17-32-24)16-28(15-19-7-4-3-5-8-19)26(30)27-21-9-6-10-22(14-21)31-2/h3-14,17H,15-16H2,1-2H3,(H,27,30). The number of anilines is 1. The number of ether oxygens (including phenoxy) is 1. The highest BCUT2D eigenvalue weighted by atomic mass is 16.5. The maximum Gasteiger partial charge on any atom is 0.322 e. The molecule has 32 heavy (non-hydrogen) atoms. The number of nitrogens with zero attached hydrogens (tertiary/aromatic N) is 1. The van der Waals surface area contributed by atoms with E-state index in [0.717, 1.165) is 11.1 Å². The molecule has 0 aliphatic carbocycles. The van der Waals surface area contributed by atoms with Gasteiger partial charge in [-0.2, -0.15) is 0 Å². The minimum Gasteiger partial charge on any atom is -0.497 e. The maximum atomic E-state index is 13.2. The van der Waals surface area contributed by atoms with Crippen molar-refractivity contribution in [3.8, 4) is 5.75 Å². The molecule has 0 aliphatic rings. The highest BCUT2D eigenvalue weighted by molar-refractivity contribution is 5.89. The summed E-state index contributed by atoms with van der Waals surface area (Å²) in [6.07, 6.45) is 1.44. The first-order valence-corrected chi connectivity index (χ1v) is 10.3. The van der Waals surface area contributed by atoms with Gasteiger partial charge < -0.3 is 19.4 Å². The average molecular weight is 428 g/mol. The molecule has 1 aromatic heterocycles. The van der Waals surface area contributed by atoms with Gasteiger partial charge in [-0.1, -0.05) is 48.0 Å². The number of carbonyl (C=O) groups is 1. The van der Waals surface area contributed by atoms with Gasteiger partial charge in [0, 0.05) is 18.3 Å². The Balaban J connectivity index is 1.65. The fraction of sp³-hybridized carbons (Fsp3) is 0.154. The molecule has 0 unspecified atom stereocenters. The fourth-order valence-electron chi connectivity index (χ4n) is 3.51. The minimum atomic E-state index is -0.328. The predicted molar refractivity (Wildman–Crippen MR) is 125 cm³/mol. The van der Waals surface area contributed by atoms with Crippen LogP contribution in [0.2, 0.25) is 0 Å². The molecule has 2 amide bonds. The van der Waals surface area contributed by atoms with Gasteiger partial charge >= 0.3 is 6.03 Å². The molecule has 0 aliphatic heterocycles. The molecule has 0 fully saturated rings. The second-order valence-corrected chi connectivity index (χ2v) is 7.59. The first-order chi connectivity index (χ1) is 15.5. The van der Waals surface area contributed by atoms with E-state index in [4.69, 9.17) is 9.15 Å². The smallest absolute Gasteiger partial charge is 0.322 e. The van der Waals surface area contributed by atoms with E-state index in [9.17, 15) is 9.59 Å². The maximum absolute atomic E-state index is 13.2. The van der Waals surface area contributed by atoms with Crippen molar-refractivity contribution in [2.45, 2.75) is 20.0 Å². The van der Waals surface area contributed by atoms with Crippen molar-refractivity contribution in [2.24, 2.45) is 0 Å². The van der Waals surface area contributed by atoms with E-state index >= 15 is 0 Å². The third kappa shape index (κ3) is 4.81. The number of nitrogens with one attached hydrogen (secondary N) is 1. The van der Waals surface area contributed by atoms with Crippen LogP contribution in [0.5, 0.6) is 5.75 Å². The number of methoxy groups -OCH3 is 1. The van der Waals surface area contributed by atoms with Crippen molar-refractivity contribution >= 4 is 22.7 Å². The van der Waals surface area contributed by atoms with E-state index in [0.29, 0.717) is 34.5 Å². The Morgan fingerprint density at radius 3 is 2.59 bits per heavy atom. The lowest BCUT2D eigenvalue weighted by atomic mass is 10.1. The lowest BCUT2D eigenvalue weighted by molar-refractivity contribution is 0.206. The van der Waals surface area contributed by atoms with Crippen LogP contribution in [0.15, 0.2) is 88.3 Å². The van der Waals surface area contributed by atoms with E-state index in [1.807, 2.05) is 49.4 Å². The summed E-state index contributed by atoms with van der Waals surface area (Å²) in [4.78, 5) is 27.9. The molecule has 0 saturated heterocycles. The van der Waals surface area contributed by atoms with Crippen LogP contribution in [0.1, 0.15) is 16.7 Å². The quantitative estimate of drug-likeness (QED) is 0.450. The van der Waals surface area contributed by atoms with Crippen LogP contribution in [0.3, 0.4) is 0 Å². The van der Waals surface area contributed by atoms with Gasteiger partial charge in [-0.3, -0.25) is 4.79 Å². The first-order valence-electron chi connectivity index (χ1n) is 10.3. The van der Waals surface area contributed by atoms with Crippen molar-refractivity contribution in [3.63, 3.8) is 0 Å². The Morgan fingerprint density at radius 1 is 1.00 bits per heavy atom. The van der Waals surface area contributed by atoms with Crippen molar-refractivity contribution in [3.05, 3.63) is 106 Å². The lowest BCUT2D eigenvalue weighted by Gasteiger charge is -2.23. The molecular formula is C26H24N2O4. The summed E-state index contributed by atoms with van der Waals surface area (Å²) in [6.45, 7) is 2.37. The number of fused-ring (bicyclic) bond motifs is 1. The van der Waals surface area contributed by atoms with Gasteiger partial charge in [0.1, 0.15) is 11.3 Å². The molecule has 6 nitrogen and oxygen atoms in total. The summed E-state index contributed by atoms with van der Waals surface area (Å²) in [7, 11) is 1.57. The second kappa shape index (κ2) is 9.39. The second-order valence-electron chi connectivity index (χ2n) is 7.59. The van der Waals surface area contributed by atoms with E-state index in [2.05, 4.69) is 5.32 Å². The van der Waals surface area contributed by atoms with Gasteiger partial charge in [0.2, 0.25) is 0 Å². The number of carbonyl (C=O) groups excluding carboxylic acids is 1. The number of amides is 2. The average Bonchev–Trinajstić information content (AvgIpc) is 2.81. The number of hydrogen-bond acceptors (Lipinski definition) is 4. The van der Waals surface area contributed by atoms with Crippen molar-refractivity contribution in [1.29, 1.82) is 0 Å². The molecule has 3 aromatic carbocycles. The van der Waals surface area contributed by atoms with Crippen molar-refractivity contribution in [1.82, 2.24) is 4.90 Å². The van der Waals surface area contributed by atoms with Gasteiger partial charge in [-0.15, -0.1) is 0 Å².